The molecule has 47 heavy (non-hydrogen) atoms. The number of hydrogen-bond donors (Lipinski definition) is 1. The Morgan fingerprint density at radius 3 is 2.09 bits per heavy atom. The van der Waals surface area contributed by atoms with Crippen LogP contribution in [0.4, 0.5) is 5.69 Å². The number of carbonyl (C=O) groups excluding carboxylic acids is 2. The molecule has 4 rings (SSSR count). The molecule has 11 heteroatoms. The maximum absolute atomic E-state index is 14.7. The Kier molecular flexibility index (Phi) is 12.3. The minimum atomic E-state index is -4.29. The number of carbonyl (C=O) groups is 2. The van der Waals surface area contributed by atoms with Gasteiger partial charge in [0.15, 0.2) is 0 Å². The highest BCUT2D eigenvalue weighted by Gasteiger charge is 2.36. The summed E-state index contributed by atoms with van der Waals surface area (Å²) in [5.41, 5.74) is 2.19. The predicted octanol–water partition coefficient (Wildman–Crippen LogP) is 6.92. The van der Waals surface area contributed by atoms with E-state index in [0.29, 0.717) is 22.2 Å². The molecule has 0 bridgehead atoms. The predicted molar refractivity (Wildman–Crippen MR) is 187 cm³/mol. The first-order chi connectivity index (χ1) is 22.4. The van der Waals surface area contributed by atoms with E-state index in [2.05, 4.69) is 5.32 Å². The van der Waals surface area contributed by atoms with E-state index in [1.165, 1.54) is 24.1 Å². The number of anilines is 1. The number of nitrogens with zero attached hydrogens (tertiary/aromatic N) is 2. The van der Waals surface area contributed by atoms with Crippen molar-refractivity contribution >= 4 is 50.7 Å². The highest BCUT2D eigenvalue weighted by atomic mass is 35.5. The fraction of sp³-hybridized carbons (Fsp3) is 0.278. The van der Waals surface area contributed by atoms with Crippen LogP contribution < -0.4 is 14.4 Å². The highest BCUT2D eigenvalue weighted by molar-refractivity contribution is 7.92. The van der Waals surface area contributed by atoms with Gasteiger partial charge in [-0.25, -0.2) is 8.42 Å². The van der Waals surface area contributed by atoms with Crippen LogP contribution in [0.1, 0.15) is 30.5 Å². The number of nitrogens with one attached hydrogen (secondary N) is 1. The fourth-order valence-corrected chi connectivity index (χ4v) is 7.01. The van der Waals surface area contributed by atoms with Crippen LogP contribution in [-0.4, -0.2) is 51.4 Å². The Bertz CT molecular complexity index is 1770. The lowest BCUT2D eigenvalue weighted by Crippen LogP contribution is -2.53. The van der Waals surface area contributed by atoms with Crippen molar-refractivity contribution < 1.29 is 22.7 Å². The molecule has 0 saturated carbocycles. The Morgan fingerprint density at radius 1 is 0.872 bits per heavy atom. The molecule has 0 fully saturated rings. The summed E-state index contributed by atoms with van der Waals surface area (Å²) in [5.74, 6) is -0.604. The quantitative estimate of drug-likeness (QED) is 0.155. The Labute approximate surface area is 287 Å². The van der Waals surface area contributed by atoms with E-state index in [-0.39, 0.29) is 41.1 Å². The second-order valence-electron chi connectivity index (χ2n) is 11.6. The van der Waals surface area contributed by atoms with Gasteiger partial charge in [0.25, 0.3) is 10.0 Å². The zero-order chi connectivity index (χ0) is 34.1. The lowest BCUT2D eigenvalue weighted by atomic mass is 10.0. The van der Waals surface area contributed by atoms with Gasteiger partial charge in [-0.15, -0.1) is 0 Å². The molecule has 0 saturated heterocycles. The van der Waals surface area contributed by atoms with Crippen molar-refractivity contribution in [3.63, 3.8) is 0 Å². The Morgan fingerprint density at radius 2 is 1.49 bits per heavy atom. The summed E-state index contributed by atoms with van der Waals surface area (Å²) in [6, 6.07) is 26.2. The zero-order valence-electron chi connectivity index (χ0n) is 26.8. The van der Waals surface area contributed by atoms with Gasteiger partial charge in [-0.2, -0.15) is 0 Å². The SMILES string of the molecule is COc1ccc(C)cc1N(CC(=O)N(Cc1c(Cl)cccc1Cl)[C@H](Cc1ccccc1)C(=O)NCC(C)C)S(=O)(=O)c1ccccc1. The van der Waals surface area contributed by atoms with Crippen LogP contribution in [0.3, 0.4) is 0 Å². The summed E-state index contributed by atoms with van der Waals surface area (Å²) in [6.45, 7) is 5.36. The monoisotopic (exact) mass is 695 g/mol. The van der Waals surface area contributed by atoms with Gasteiger partial charge in [0, 0.05) is 35.1 Å². The number of rotatable bonds is 14. The minimum Gasteiger partial charge on any atom is -0.495 e. The van der Waals surface area contributed by atoms with Crippen molar-refractivity contribution in [1.29, 1.82) is 0 Å². The molecule has 0 aliphatic rings. The van der Waals surface area contributed by atoms with Crippen LogP contribution in [0.2, 0.25) is 10.0 Å². The fourth-order valence-electron chi connectivity index (χ4n) is 5.06. The molecule has 248 valence electrons. The molecule has 0 heterocycles. The number of aryl methyl sites for hydroxylation is 1. The van der Waals surface area contributed by atoms with Crippen LogP contribution in [-0.2, 0) is 32.6 Å². The molecule has 0 unspecified atom stereocenters. The lowest BCUT2D eigenvalue weighted by Gasteiger charge is -2.34. The molecule has 1 N–H and O–H groups in total. The number of methoxy groups -OCH3 is 1. The van der Waals surface area contributed by atoms with E-state index in [1.807, 2.05) is 51.1 Å². The summed E-state index contributed by atoms with van der Waals surface area (Å²) in [6.07, 6.45) is 0.164. The average molecular weight is 697 g/mol. The van der Waals surface area contributed by atoms with Gasteiger partial charge in [0.1, 0.15) is 18.3 Å². The Hall–Kier alpha value is -4.05. The summed E-state index contributed by atoms with van der Waals surface area (Å²) in [7, 11) is -2.86. The van der Waals surface area contributed by atoms with E-state index in [9.17, 15) is 18.0 Å². The highest BCUT2D eigenvalue weighted by Crippen LogP contribution is 2.34. The molecule has 4 aromatic carbocycles. The summed E-state index contributed by atoms with van der Waals surface area (Å²) in [5, 5.41) is 3.59. The standard InChI is InChI=1S/C36H39Cl2N3O5S/c1-25(2)22-39-36(43)33(21-27-12-7-5-8-13-27)40(23-29-30(37)16-11-17-31(29)38)35(42)24-41(32-20-26(3)18-19-34(32)46-4)47(44,45)28-14-9-6-10-15-28/h5-20,25,33H,21-24H2,1-4H3,(H,39,43)/t33-/m1/s1. The molecule has 0 radical (unpaired) electrons. The molecule has 1 atom stereocenters. The van der Waals surface area contributed by atoms with Crippen molar-refractivity contribution in [3.8, 4) is 5.75 Å². The van der Waals surface area contributed by atoms with E-state index in [0.717, 1.165) is 15.4 Å². The maximum atomic E-state index is 14.7. The van der Waals surface area contributed by atoms with Crippen LogP contribution in [0, 0.1) is 12.8 Å². The summed E-state index contributed by atoms with van der Waals surface area (Å²) < 4.78 is 35.2. The first-order valence-corrected chi connectivity index (χ1v) is 17.4. The van der Waals surface area contributed by atoms with Gasteiger partial charge in [-0.1, -0.05) is 97.7 Å². The maximum Gasteiger partial charge on any atom is 0.264 e. The molecule has 0 spiro atoms. The number of benzene rings is 4. The van der Waals surface area contributed by atoms with Gasteiger partial charge >= 0.3 is 0 Å². The third-order valence-electron chi connectivity index (χ3n) is 7.56. The van der Waals surface area contributed by atoms with Crippen molar-refractivity contribution in [3.05, 3.63) is 124 Å². The van der Waals surface area contributed by atoms with Crippen LogP contribution in [0.15, 0.2) is 102 Å². The average Bonchev–Trinajstić information content (AvgIpc) is 3.06. The van der Waals surface area contributed by atoms with E-state index < -0.39 is 28.5 Å². The second-order valence-corrected chi connectivity index (χ2v) is 14.2. The molecule has 2 amide bonds. The lowest BCUT2D eigenvalue weighted by molar-refractivity contribution is -0.140. The normalized spacial score (nSPS) is 12.0. The van der Waals surface area contributed by atoms with E-state index >= 15 is 0 Å². The minimum absolute atomic E-state index is 0.00688. The second kappa shape index (κ2) is 16.2. The third kappa shape index (κ3) is 9.06. The van der Waals surface area contributed by atoms with Gasteiger partial charge in [-0.05, 0) is 60.4 Å². The number of sulfonamides is 1. The number of ether oxygens (including phenoxy) is 1. The van der Waals surface area contributed by atoms with Gasteiger partial charge in [-0.3, -0.25) is 13.9 Å². The van der Waals surface area contributed by atoms with Gasteiger partial charge < -0.3 is 15.0 Å². The van der Waals surface area contributed by atoms with Crippen molar-refractivity contribution in [2.75, 3.05) is 24.5 Å². The van der Waals surface area contributed by atoms with Crippen LogP contribution >= 0.6 is 23.2 Å². The molecule has 8 nitrogen and oxygen atoms in total. The van der Waals surface area contributed by atoms with Crippen molar-refractivity contribution in [2.45, 2.75) is 44.7 Å². The molecular formula is C36H39Cl2N3O5S. The molecule has 4 aromatic rings. The zero-order valence-corrected chi connectivity index (χ0v) is 29.1. The third-order valence-corrected chi connectivity index (χ3v) is 10.0. The van der Waals surface area contributed by atoms with Crippen molar-refractivity contribution in [2.24, 2.45) is 5.92 Å². The van der Waals surface area contributed by atoms with Crippen LogP contribution in [0.5, 0.6) is 5.75 Å². The topological polar surface area (TPSA) is 96.0 Å². The number of hydrogen-bond acceptors (Lipinski definition) is 5. The summed E-state index contributed by atoms with van der Waals surface area (Å²) >= 11 is 13.2. The number of amides is 2. The summed E-state index contributed by atoms with van der Waals surface area (Å²) in [4.78, 5) is 30.0. The van der Waals surface area contributed by atoms with E-state index in [4.69, 9.17) is 27.9 Å². The first kappa shape index (κ1) is 35.8. The molecule has 0 aliphatic carbocycles. The van der Waals surface area contributed by atoms with Crippen molar-refractivity contribution in [1.82, 2.24) is 10.2 Å². The molecular weight excluding hydrogens is 657 g/mol. The Balaban J connectivity index is 1.87. The van der Waals surface area contributed by atoms with Gasteiger partial charge in [0.05, 0.1) is 17.7 Å². The smallest absolute Gasteiger partial charge is 0.264 e. The molecule has 0 aromatic heterocycles. The van der Waals surface area contributed by atoms with E-state index in [1.54, 1.807) is 54.6 Å². The van der Waals surface area contributed by atoms with Crippen LogP contribution in [0.25, 0.3) is 0 Å². The first-order valence-electron chi connectivity index (χ1n) is 15.2. The van der Waals surface area contributed by atoms with Gasteiger partial charge in [0.2, 0.25) is 11.8 Å². The molecule has 0 aliphatic heterocycles. The number of halogens is 2. The largest absolute Gasteiger partial charge is 0.495 e.